The van der Waals surface area contributed by atoms with Crippen molar-refractivity contribution in [3.63, 3.8) is 0 Å². The van der Waals surface area contributed by atoms with Crippen LogP contribution in [0.25, 0.3) is 0 Å². The third kappa shape index (κ3) is 3.65. The number of aromatic nitrogens is 2. The van der Waals surface area contributed by atoms with Crippen molar-refractivity contribution in [3.05, 3.63) is 53.7 Å². The molecule has 1 N–H and O–H groups in total. The predicted molar refractivity (Wildman–Crippen MR) is 83.8 cm³/mol. The molecule has 6 heteroatoms. The number of carbonyl (C=O) groups is 1. The maximum absolute atomic E-state index is 12.4. The molecule has 0 aliphatic carbocycles. The molecule has 1 saturated heterocycles. The van der Waals surface area contributed by atoms with Gasteiger partial charge in [0.05, 0.1) is 12.2 Å². The van der Waals surface area contributed by atoms with E-state index in [1.165, 1.54) is 0 Å². The molecule has 1 aromatic carbocycles. The number of ether oxygens (including phenoxy) is 1. The number of rotatable bonds is 4. The fourth-order valence-corrected chi connectivity index (χ4v) is 2.60. The summed E-state index contributed by atoms with van der Waals surface area (Å²) in [5.41, 5.74) is 1.43. The maximum atomic E-state index is 12.4. The van der Waals surface area contributed by atoms with Crippen LogP contribution in [0.1, 0.15) is 23.8 Å². The maximum Gasteiger partial charge on any atom is 0.256 e. The number of nitrogens with zero attached hydrogens (tertiary/aromatic N) is 3. The van der Waals surface area contributed by atoms with E-state index in [9.17, 15) is 9.90 Å². The SMILES string of the molecule is Cc1ccc(O[C@H]2CCN(C(=O)[C@H](O)c3ccccc3)C2)nn1. The van der Waals surface area contributed by atoms with E-state index in [1.807, 2.05) is 19.1 Å². The van der Waals surface area contributed by atoms with Gasteiger partial charge in [-0.05, 0) is 18.6 Å². The van der Waals surface area contributed by atoms with Gasteiger partial charge >= 0.3 is 0 Å². The molecule has 1 aliphatic rings. The average Bonchev–Trinajstić information content (AvgIpc) is 3.05. The summed E-state index contributed by atoms with van der Waals surface area (Å²) >= 11 is 0. The van der Waals surface area contributed by atoms with E-state index in [1.54, 1.807) is 35.2 Å². The molecule has 120 valence electrons. The number of aliphatic hydroxyl groups excluding tert-OH is 1. The van der Waals surface area contributed by atoms with Crippen LogP contribution in [0.5, 0.6) is 5.88 Å². The van der Waals surface area contributed by atoms with Crippen molar-refractivity contribution < 1.29 is 14.6 Å². The minimum absolute atomic E-state index is 0.126. The molecule has 2 heterocycles. The van der Waals surface area contributed by atoms with E-state index in [-0.39, 0.29) is 12.0 Å². The molecular weight excluding hydrogens is 294 g/mol. The highest BCUT2D eigenvalue weighted by molar-refractivity contribution is 5.82. The number of amides is 1. The van der Waals surface area contributed by atoms with Gasteiger partial charge in [0.2, 0.25) is 5.88 Å². The summed E-state index contributed by atoms with van der Waals surface area (Å²) < 4.78 is 5.75. The molecular formula is C17H19N3O3. The number of aliphatic hydroxyl groups is 1. The Kier molecular flexibility index (Phi) is 4.52. The first-order chi connectivity index (χ1) is 11.1. The minimum atomic E-state index is -1.13. The van der Waals surface area contributed by atoms with Crippen molar-refractivity contribution in [2.45, 2.75) is 25.6 Å². The smallest absolute Gasteiger partial charge is 0.256 e. The van der Waals surface area contributed by atoms with Crippen molar-refractivity contribution in [1.29, 1.82) is 0 Å². The lowest BCUT2D eigenvalue weighted by molar-refractivity contribution is -0.139. The molecule has 1 amide bonds. The molecule has 23 heavy (non-hydrogen) atoms. The molecule has 1 fully saturated rings. The normalized spacial score (nSPS) is 18.7. The third-order valence-electron chi connectivity index (χ3n) is 3.87. The number of carbonyl (C=O) groups excluding carboxylic acids is 1. The van der Waals surface area contributed by atoms with Crippen molar-refractivity contribution in [1.82, 2.24) is 15.1 Å². The first kappa shape index (κ1) is 15.4. The van der Waals surface area contributed by atoms with E-state index in [0.717, 1.165) is 5.69 Å². The Balaban J connectivity index is 1.58. The van der Waals surface area contributed by atoms with E-state index in [2.05, 4.69) is 10.2 Å². The summed E-state index contributed by atoms with van der Waals surface area (Å²) in [4.78, 5) is 14.0. The zero-order valence-corrected chi connectivity index (χ0v) is 12.9. The molecule has 1 aliphatic heterocycles. The summed E-state index contributed by atoms with van der Waals surface area (Å²) in [6, 6.07) is 12.5. The zero-order valence-electron chi connectivity index (χ0n) is 12.9. The van der Waals surface area contributed by atoms with Gasteiger partial charge in [0.25, 0.3) is 5.91 Å². The van der Waals surface area contributed by atoms with Gasteiger partial charge in [-0.3, -0.25) is 4.79 Å². The highest BCUT2D eigenvalue weighted by Crippen LogP contribution is 2.21. The second-order valence-corrected chi connectivity index (χ2v) is 5.64. The largest absolute Gasteiger partial charge is 0.471 e. The summed E-state index contributed by atoms with van der Waals surface area (Å²) in [6.07, 6.45) is -0.545. The van der Waals surface area contributed by atoms with Crippen LogP contribution in [0.2, 0.25) is 0 Å². The van der Waals surface area contributed by atoms with Crippen LogP contribution in [0.3, 0.4) is 0 Å². The standard InChI is InChI=1S/C17H19N3O3/c1-12-7-8-15(19-18-12)23-14-9-10-20(11-14)17(22)16(21)13-5-3-2-4-6-13/h2-8,14,16,21H,9-11H2,1H3/t14-,16+/m0/s1. The van der Waals surface area contributed by atoms with Gasteiger partial charge in [-0.15, -0.1) is 5.10 Å². The summed E-state index contributed by atoms with van der Waals surface area (Å²) in [5, 5.41) is 18.1. The highest BCUT2D eigenvalue weighted by atomic mass is 16.5. The Labute approximate surface area is 134 Å². The predicted octanol–water partition coefficient (Wildman–Crippen LogP) is 1.50. The summed E-state index contributed by atoms with van der Waals surface area (Å²) in [7, 11) is 0. The Morgan fingerprint density at radius 3 is 2.74 bits per heavy atom. The van der Waals surface area contributed by atoms with Crippen molar-refractivity contribution >= 4 is 5.91 Å². The van der Waals surface area contributed by atoms with E-state index < -0.39 is 6.10 Å². The molecule has 0 radical (unpaired) electrons. The van der Waals surface area contributed by atoms with Crippen LogP contribution in [0.4, 0.5) is 0 Å². The third-order valence-corrected chi connectivity index (χ3v) is 3.87. The van der Waals surface area contributed by atoms with Gasteiger partial charge in [0, 0.05) is 19.0 Å². The highest BCUT2D eigenvalue weighted by Gasteiger charge is 2.31. The molecule has 0 bridgehead atoms. The number of hydrogen-bond acceptors (Lipinski definition) is 5. The lowest BCUT2D eigenvalue weighted by Crippen LogP contribution is -2.34. The topological polar surface area (TPSA) is 75.5 Å². The van der Waals surface area contributed by atoms with Crippen LogP contribution >= 0.6 is 0 Å². The Hall–Kier alpha value is -2.47. The second-order valence-electron chi connectivity index (χ2n) is 5.64. The van der Waals surface area contributed by atoms with Gasteiger partial charge in [-0.25, -0.2) is 0 Å². The quantitative estimate of drug-likeness (QED) is 0.926. The second kappa shape index (κ2) is 6.75. The number of aryl methyl sites for hydroxylation is 1. The van der Waals surface area contributed by atoms with Crippen LogP contribution in [0, 0.1) is 6.92 Å². The summed E-state index contributed by atoms with van der Waals surface area (Å²) in [6.45, 7) is 2.86. The Morgan fingerprint density at radius 2 is 2.04 bits per heavy atom. The Bertz CT molecular complexity index is 661. The Morgan fingerprint density at radius 1 is 1.26 bits per heavy atom. The van der Waals surface area contributed by atoms with Crippen LogP contribution in [0.15, 0.2) is 42.5 Å². The lowest BCUT2D eigenvalue weighted by Gasteiger charge is -2.20. The molecule has 3 rings (SSSR count). The van der Waals surface area contributed by atoms with Crippen LogP contribution in [-0.4, -0.2) is 45.3 Å². The van der Waals surface area contributed by atoms with Gasteiger partial charge in [-0.1, -0.05) is 30.3 Å². The minimum Gasteiger partial charge on any atom is -0.471 e. The molecule has 0 unspecified atom stereocenters. The van der Waals surface area contributed by atoms with Crippen molar-refractivity contribution in [3.8, 4) is 5.88 Å². The average molecular weight is 313 g/mol. The van der Waals surface area contributed by atoms with Gasteiger partial charge < -0.3 is 14.7 Å². The molecule has 2 aromatic rings. The fourth-order valence-electron chi connectivity index (χ4n) is 2.60. The number of benzene rings is 1. The van der Waals surface area contributed by atoms with Crippen molar-refractivity contribution in [2.24, 2.45) is 0 Å². The number of likely N-dealkylation sites (tertiary alicyclic amines) is 1. The van der Waals surface area contributed by atoms with E-state index in [0.29, 0.717) is 31.0 Å². The molecule has 1 aromatic heterocycles. The molecule has 0 saturated carbocycles. The van der Waals surface area contributed by atoms with Gasteiger partial charge in [-0.2, -0.15) is 5.10 Å². The first-order valence-electron chi connectivity index (χ1n) is 7.62. The fraction of sp³-hybridized carbons (Fsp3) is 0.353. The first-order valence-corrected chi connectivity index (χ1v) is 7.62. The van der Waals surface area contributed by atoms with E-state index in [4.69, 9.17) is 4.74 Å². The lowest BCUT2D eigenvalue weighted by atomic mass is 10.1. The monoisotopic (exact) mass is 313 g/mol. The van der Waals surface area contributed by atoms with Crippen LogP contribution < -0.4 is 4.74 Å². The zero-order chi connectivity index (χ0) is 16.2. The van der Waals surface area contributed by atoms with Crippen molar-refractivity contribution in [2.75, 3.05) is 13.1 Å². The van der Waals surface area contributed by atoms with Crippen LogP contribution in [-0.2, 0) is 4.79 Å². The van der Waals surface area contributed by atoms with Gasteiger partial charge in [0.1, 0.15) is 6.10 Å². The summed E-state index contributed by atoms with van der Waals surface area (Å²) in [5.74, 6) is 0.163. The molecule has 6 nitrogen and oxygen atoms in total. The number of hydrogen-bond donors (Lipinski definition) is 1. The van der Waals surface area contributed by atoms with Gasteiger partial charge in [0.15, 0.2) is 6.10 Å². The van der Waals surface area contributed by atoms with E-state index >= 15 is 0 Å². The molecule has 0 spiro atoms. The molecule has 2 atom stereocenters.